The highest BCUT2D eigenvalue weighted by Crippen LogP contribution is 2.27. The summed E-state index contributed by atoms with van der Waals surface area (Å²) in [5.41, 5.74) is 3.30. The molecule has 0 saturated carbocycles. The van der Waals surface area contributed by atoms with E-state index in [1.165, 1.54) is 0 Å². The van der Waals surface area contributed by atoms with Gasteiger partial charge in [-0.2, -0.15) is 5.10 Å². The lowest BCUT2D eigenvalue weighted by atomic mass is 10.1. The Balaban J connectivity index is 2.21. The standard InChI is InChI=1S/C16H11IN2O/c17-15-14(11-20)19(13-9-5-2-6-10-13)18-16(15)12-7-3-1-4-8-12/h1-11H. The van der Waals surface area contributed by atoms with E-state index in [0.29, 0.717) is 5.69 Å². The zero-order valence-electron chi connectivity index (χ0n) is 10.5. The first-order chi connectivity index (χ1) is 9.81. The van der Waals surface area contributed by atoms with Crippen LogP contribution in [0.25, 0.3) is 16.9 Å². The highest BCUT2D eigenvalue weighted by atomic mass is 127. The van der Waals surface area contributed by atoms with Crippen molar-refractivity contribution in [3.63, 3.8) is 0 Å². The summed E-state index contributed by atoms with van der Waals surface area (Å²) in [6.45, 7) is 0. The number of rotatable bonds is 3. The highest BCUT2D eigenvalue weighted by molar-refractivity contribution is 14.1. The van der Waals surface area contributed by atoms with Crippen molar-refractivity contribution in [1.82, 2.24) is 9.78 Å². The van der Waals surface area contributed by atoms with Crippen molar-refractivity contribution in [2.45, 2.75) is 0 Å². The van der Waals surface area contributed by atoms with Crippen LogP contribution in [-0.4, -0.2) is 16.1 Å². The van der Waals surface area contributed by atoms with Gasteiger partial charge in [0.25, 0.3) is 0 Å². The SMILES string of the molecule is O=Cc1c(I)c(-c2ccccc2)nn1-c1ccccc1. The normalized spacial score (nSPS) is 10.4. The summed E-state index contributed by atoms with van der Waals surface area (Å²) in [7, 11) is 0. The van der Waals surface area contributed by atoms with Crippen LogP contribution < -0.4 is 0 Å². The highest BCUT2D eigenvalue weighted by Gasteiger charge is 2.17. The Morgan fingerprint density at radius 3 is 2.15 bits per heavy atom. The van der Waals surface area contributed by atoms with Crippen molar-refractivity contribution in [3.05, 3.63) is 69.9 Å². The summed E-state index contributed by atoms with van der Waals surface area (Å²) >= 11 is 2.18. The van der Waals surface area contributed by atoms with E-state index in [1.807, 2.05) is 60.7 Å². The van der Waals surface area contributed by atoms with Crippen molar-refractivity contribution in [2.75, 3.05) is 0 Å². The maximum Gasteiger partial charge on any atom is 0.169 e. The van der Waals surface area contributed by atoms with Crippen molar-refractivity contribution in [1.29, 1.82) is 0 Å². The van der Waals surface area contributed by atoms with E-state index in [2.05, 4.69) is 27.7 Å². The zero-order chi connectivity index (χ0) is 13.9. The molecule has 20 heavy (non-hydrogen) atoms. The molecule has 0 unspecified atom stereocenters. The first-order valence-electron chi connectivity index (χ1n) is 6.16. The molecule has 2 aromatic carbocycles. The molecule has 0 bridgehead atoms. The van der Waals surface area contributed by atoms with Gasteiger partial charge in [0, 0.05) is 5.56 Å². The first-order valence-corrected chi connectivity index (χ1v) is 7.23. The zero-order valence-corrected chi connectivity index (χ0v) is 12.7. The van der Waals surface area contributed by atoms with Gasteiger partial charge in [0.05, 0.1) is 9.26 Å². The van der Waals surface area contributed by atoms with Crippen molar-refractivity contribution >= 4 is 28.9 Å². The van der Waals surface area contributed by atoms with E-state index in [1.54, 1.807) is 4.68 Å². The maximum atomic E-state index is 11.4. The molecule has 0 fully saturated rings. The molecule has 0 aliphatic rings. The minimum atomic E-state index is 0.579. The predicted molar refractivity (Wildman–Crippen MR) is 87.1 cm³/mol. The number of halogens is 1. The molecule has 0 aliphatic carbocycles. The summed E-state index contributed by atoms with van der Waals surface area (Å²) in [4.78, 5) is 11.4. The number of hydrogen-bond acceptors (Lipinski definition) is 2. The van der Waals surface area contributed by atoms with E-state index in [9.17, 15) is 4.79 Å². The van der Waals surface area contributed by atoms with Crippen LogP contribution in [0, 0.1) is 3.57 Å². The van der Waals surface area contributed by atoms with Gasteiger partial charge in [-0.1, -0.05) is 48.5 Å². The van der Waals surface area contributed by atoms with Crippen LogP contribution in [0.5, 0.6) is 0 Å². The van der Waals surface area contributed by atoms with E-state index < -0.39 is 0 Å². The van der Waals surface area contributed by atoms with Crippen LogP contribution in [0.4, 0.5) is 0 Å². The van der Waals surface area contributed by atoms with E-state index in [-0.39, 0.29) is 0 Å². The van der Waals surface area contributed by atoms with Gasteiger partial charge in [-0.3, -0.25) is 4.79 Å². The second-order valence-corrected chi connectivity index (χ2v) is 5.36. The molecule has 0 saturated heterocycles. The third-order valence-corrected chi connectivity index (χ3v) is 4.08. The molecule has 0 atom stereocenters. The van der Waals surface area contributed by atoms with Crippen LogP contribution in [0.15, 0.2) is 60.7 Å². The van der Waals surface area contributed by atoms with Crippen LogP contribution in [-0.2, 0) is 0 Å². The average Bonchev–Trinajstić information content (AvgIpc) is 2.86. The number of aromatic nitrogens is 2. The molecule has 0 N–H and O–H groups in total. The minimum absolute atomic E-state index is 0.579. The molecule has 4 heteroatoms. The Labute approximate surface area is 130 Å². The molecule has 0 spiro atoms. The van der Waals surface area contributed by atoms with Gasteiger partial charge in [-0.05, 0) is 34.7 Å². The molecule has 1 heterocycles. The summed E-state index contributed by atoms with van der Waals surface area (Å²) < 4.78 is 2.56. The topological polar surface area (TPSA) is 34.9 Å². The molecular weight excluding hydrogens is 363 g/mol. The van der Waals surface area contributed by atoms with Crippen LogP contribution in [0.1, 0.15) is 10.5 Å². The Kier molecular flexibility index (Phi) is 3.64. The first kappa shape index (κ1) is 13.1. The number of benzene rings is 2. The number of hydrogen-bond donors (Lipinski definition) is 0. The minimum Gasteiger partial charge on any atom is -0.296 e. The molecule has 0 radical (unpaired) electrons. The monoisotopic (exact) mass is 374 g/mol. The Bertz CT molecular complexity index is 736. The lowest BCUT2D eigenvalue weighted by Crippen LogP contribution is -2.01. The molecule has 1 aromatic heterocycles. The fraction of sp³-hybridized carbons (Fsp3) is 0. The smallest absolute Gasteiger partial charge is 0.169 e. The van der Waals surface area contributed by atoms with Gasteiger partial charge in [0.2, 0.25) is 0 Å². The lowest BCUT2D eigenvalue weighted by molar-refractivity contribution is 0.111. The van der Waals surface area contributed by atoms with Crippen LogP contribution >= 0.6 is 22.6 Å². The molecule has 0 aliphatic heterocycles. The third kappa shape index (κ3) is 2.27. The van der Waals surface area contributed by atoms with Crippen molar-refractivity contribution in [3.8, 4) is 16.9 Å². The summed E-state index contributed by atoms with van der Waals surface area (Å²) in [6, 6.07) is 19.6. The van der Waals surface area contributed by atoms with Crippen molar-refractivity contribution < 1.29 is 4.79 Å². The van der Waals surface area contributed by atoms with Gasteiger partial charge in [-0.15, -0.1) is 0 Å². The van der Waals surface area contributed by atoms with Gasteiger partial charge in [-0.25, -0.2) is 4.68 Å². The van der Waals surface area contributed by atoms with E-state index in [0.717, 1.165) is 26.8 Å². The second-order valence-electron chi connectivity index (χ2n) is 4.28. The molecular formula is C16H11IN2O. The van der Waals surface area contributed by atoms with Crippen LogP contribution in [0.2, 0.25) is 0 Å². The number of para-hydroxylation sites is 1. The van der Waals surface area contributed by atoms with E-state index >= 15 is 0 Å². The Hall–Kier alpha value is -1.95. The second kappa shape index (κ2) is 5.58. The lowest BCUT2D eigenvalue weighted by Gasteiger charge is -2.02. The Morgan fingerprint density at radius 2 is 1.55 bits per heavy atom. The van der Waals surface area contributed by atoms with Gasteiger partial charge in [0.1, 0.15) is 11.4 Å². The number of carbonyl (C=O) groups excluding carboxylic acids is 1. The molecule has 3 aromatic rings. The van der Waals surface area contributed by atoms with Crippen molar-refractivity contribution in [2.24, 2.45) is 0 Å². The van der Waals surface area contributed by atoms with Crippen LogP contribution in [0.3, 0.4) is 0 Å². The number of carbonyl (C=O) groups is 1. The fourth-order valence-electron chi connectivity index (χ4n) is 2.06. The average molecular weight is 374 g/mol. The number of aldehydes is 1. The van der Waals surface area contributed by atoms with Gasteiger partial charge < -0.3 is 0 Å². The largest absolute Gasteiger partial charge is 0.296 e. The maximum absolute atomic E-state index is 11.4. The van der Waals surface area contributed by atoms with Gasteiger partial charge in [0.15, 0.2) is 6.29 Å². The molecule has 98 valence electrons. The van der Waals surface area contributed by atoms with Gasteiger partial charge >= 0.3 is 0 Å². The quantitative estimate of drug-likeness (QED) is 0.514. The summed E-state index contributed by atoms with van der Waals surface area (Å²) in [6.07, 6.45) is 0.855. The third-order valence-electron chi connectivity index (χ3n) is 3.02. The molecule has 0 amide bonds. The Morgan fingerprint density at radius 1 is 0.950 bits per heavy atom. The fourth-order valence-corrected chi connectivity index (χ4v) is 2.84. The number of nitrogens with zero attached hydrogens (tertiary/aromatic N) is 2. The predicted octanol–water partition coefficient (Wildman–Crippen LogP) is 3.96. The van der Waals surface area contributed by atoms with E-state index in [4.69, 9.17) is 0 Å². The molecule has 3 rings (SSSR count). The summed E-state index contributed by atoms with van der Waals surface area (Å²) in [5.74, 6) is 0. The molecule has 3 nitrogen and oxygen atoms in total. The summed E-state index contributed by atoms with van der Waals surface area (Å²) in [5, 5.41) is 4.60.